The third-order valence-electron chi connectivity index (χ3n) is 6.32. The minimum absolute atomic E-state index is 0.104. The Hall–Kier alpha value is -2.41. The number of hydrogen-bond acceptors (Lipinski definition) is 5. The number of aromatic nitrogens is 3. The Kier molecular flexibility index (Phi) is 6.44. The highest BCUT2D eigenvalue weighted by molar-refractivity contribution is 5.94. The number of nitrogens with zero attached hydrogens (tertiary/aromatic N) is 5. The topological polar surface area (TPSA) is 63.5 Å². The second kappa shape index (κ2) is 9.39. The van der Waals surface area contributed by atoms with Gasteiger partial charge in [-0.25, -0.2) is 4.98 Å². The van der Waals surface area contributed by atoms with Crippen LogP contribution in [-0.2, 0) is 11.3 Å². The summed E-state index contributed by atoms with van der Waals surface area (Å²) in [6.45, 7) is 4.51. The molecule has 7 nitrogen and oxygen atoms in total. The summed E-state index contributed by atoms with van der Waals surface area (Å²) >= 11 is 0. The van der Waals surface area contributed by atoms with Crippen LogP contribution in [0.5, 0.6) is 0 Å². The predicted molar refractivity (Wildman–Crippen MR) is 112 cm³/mol. The fraction of sp³-hybridized carbons (Fsp3) is 0.591. The van der Waals surface area contributed by atoms with E-state index in [9.17, 15) is 4.79 Å². The number of hydrogen-bond donors (Lipinski definition) is 0. The molecular formula is C22H31N5O2. The number of pyridine rings is 1. The van der Waals surface area contributed by atoms with Crippen molar-refractivity contribution < 1.29 is 9.53 Å². The molecule has 2 aromatic heterocycles. The molecule has 2 aliphatic rings. The van der Waals surface area contributed by atoms with Crippen molar-refractivity contribution in [1.29, 1.82) is 0 Å². The van der Waals surface area contributed by atoms with Crippen LogP contribution < -0.4 is 4.90 Å². The van der Waals surface area contributed by atoms with E-state index in [2.05, 4.69) is 15.0 Å². The number of piperidine rings is 2. The van der Waals surface area contributed by atoms with Crippen molar-refractivity contribution >= 4 is 11.7 Å². The standard InChI is InChI=1S/C22H31N5O2/c1-29-20-8-14-25(15-9-20)21-4-3-19(17-23-21)22(28)26-12-5-18(6-13-26)7-16-27-11-2-10-24-27/h2-4,10-11,17-18,20H,5-9,12-16H2,1H3. The molecule has 0 atom stereocenters. The highest BCUT2D eigenvalue weighted by atomic mass is 16.5. The Morgan fingerprint density at radius 3 is 2.55 bits per heavy atom. The summed E-state index contributed by atoms with van der Waals surface area (Å²) in [5.41, 5.74) is 0.690. The molecule has 0 N–H and O–H groups in total. The van der Waals surface area contributed by atoms with Crippen LogP contribution in [0.15, 0.2) is 36.8 Å². The lowest BCUT2D eigenvalue weighted by Crippen LogP contribution is -2.39. The average molecular weight is 398 g/mol. The molecule has 0 saturated carbocycles. The van der Waals surface area contributed by atoms with Crippen molar-refractivity contribution in [2.45, 2.75) is 44.8 Å². The molecule has 7 heteroatoms. The highest BCUT2D eigenvalue weighted by Gasteiger charge is 2.24. The van der Waals surface area contributed by atoms with E-state index in [0.29, 0.717) is 17.6 Å². The number of amides is 1. The third kappa shape index (κ3) is 4.96. The molecule has 0 aliphatic carbocycles. The Labute approximate surface area is 172 Å². The van der Waals surface area contributed by atoms with Gasteiger partial charge in [0, 0.05) is 58.4 Å². The van der Waals surface area contributed by atoms with E-state index in [1.807, 2.05) is 40.2 Å². The molecule has 0 radical (unpaired) electrons. The number of carbonyl (C=O) groups excluding carboxylic acids is 1. The number of carbonyl (C=O) groups is 1. The van der Waals surface area contributed by atoms with E-state index >= 15 is 0 Å². The zero-order valence-corrected chi connectivity index (χ0v) is 17.2. The first-order valence-corrected chi connectivity index (χ1v) is 10.7. The summed E-state index contributed by atoms with van der Waals surface area (Å²) in [4.78, 5) is 21.7. The first-order chi connectivity index (χ1) is 14.2. The Morgan fingerprint density at radius 2 is 1.93 bits per heavy atom. The largest absolute Gasteiger partial charge is 0.381 e. The van der Waals surface area contributed by atoms with Crippen LogP contribution in [0.2, 0.25) is 0 Å². The SMILES string of the molecule is COC1CCN(c2ccc(C(=O)N3CCC(CCn4cccn4)CC3)cn2)CC1. The second-order valence-electron chi connectivity index (χ2n) is 8.12. The van der Waals surface area contributed by atoms with E-state index in [0.717, 1.165) is 70.6 Å². The summed E-state index contributed by atoms with van der Waals surface area (Å²) in [6, 6.07) is 5.87. The molecule has 0 unspecified atom stereocenters. The van der Waals surface area contributed by atoms with Crippen LogP contribution in [0, 0.1) is 5.92 Å². The van der Waals surface area contributed by atoms with Crippen LogP contribution in [0.3, 0.4) is 0 Å². The fourth-order valence-corrected chi connectivity index (χ4v) is 4.38. The van der Waals surface area contributed by atoms with Gasteiger partial charge in [0.1, 0.15) is 5.82 Å². The van der Waals surface area contributed by atoms with Gasteiger partial charge in [0.25, 0.3) is 5.91 Å². The van der Waals surface area contributed by atoms with Gasteiger partial charge in [-0.1, -0.05) is 0 Å². The fourth-order valence-electron chi connectivity index (χ4n) is 4.38. The number of likely N-dealkylation sites (tertiary alicyclic amines) is 1. The maximum Gasteiger partial charge on any atom is 0.255 e. The molecule has 4 heterocycles. The van der Waals surface area contributed by atoms with Crippen molar-refractivity contribution in [2.75, 3.05) is 38.2 Å². The molecule has 29 heavy (non-hydrogen) atoms. The minimum atomic E-state index is 0.104. The summed E-state index contributed by atoms with van der Waals surface area (Å²) in [5, 5.41) is 4.27. The lowest BCUT2D eigenvalue weighted by Gasteiger charge is -2.33. The smallest absolute Gasteiger partial charge is 0.255 e. The summed E-state index contributed by atoms with van der Waals surface area (Å²) in [6.07, 6.45) is 11.2. The number of anilines is 1. The Bertz CT molecular complexity index is 761. The lowest BCUT2D eigenvalue weighted by molar-refractivity contribution is 0.0684. The molecule has 2 fully saturated rings. The first kappa shape index (κ1) is 19.9. The zero-order valence-electron chi connectivity index (χ0n) is 17.2. The van der Waals surface area contributed by atoms with E-state index in [-0.39, 0.29) is 5.91 Å². The van der Waals surface area contributed by atoms with Crippen molar-refractivity contribution in [2.24, 2.45) is 5.92 Å². The van der Waals surface area contributed by atoms with Gasteiger partial charge in [-0.05, 0) is 56.2 Å². The number of ether oxygens (including phenoxy) is 1. The van der Waals surface area contributed by atoms with Gasteiger partial charge in [0.15, 0.2) is 0 Å². The van der Waals surface area contributed by atoms with E-state index in [1.165, 1.54) is 0 Å². The van der Waals surface area contributed by atoms with Crippen LogP contribution in [-0.4, -0.2) is 65.0 Å². The third-order valence-corrected chi connectivity index (χ3v) is 6.32. The zero-order chi connectivity index (χ0) is 20.1. The molecular weight excluding hydrogens is 366 g/mol. The molecule has 4 rings (SSSR count). The Morgan fingerprint density at radius 1 is 1.14 bits per heavy atom. The number of rotatable bonds is 6. The average Bonchev–Trinajstić information content (AvgIpc) is 3.31. The molecule has 156 valence electrons. The van der Waals surface area contributed by atoms with Crippen LogP contribution in [0.4, 0.5) is 5.82 Å². The van der Waals surface area contributed by atoms with E-state index < -0.39 is 0 Å². The van der Waals surface area contributed by atoms with Gasteiger partial charge in [0.2, 0.25) is 0 Å². The highest BCUT2D eigenvalue weighted by Crippen LogP contribution is 2.23. The second-order valence-corrected chi connectivity index (χ2v) is 8.12. The van der Waals surface area contributed by atoms with Crippen molar-refractivity contribution in [3.8, 4) is 0 Å². The van der Waals surface area contributed by atoms with Gasteiger partial charge < -0.3 is 14.5 Å². The van der Waals surface area contributed by atoms with Crippen LogP contribution >= 0.6 is 0 Å². The maximum absolute atomic E-state index is 12.9. The number of methoxy groups -OCH3 is 1. The summed E-state index contributed by atoms with van der Waals surface area (Å²) in [5.74, 6) is 1.72. The van der Waals surface area contributed by atoms with Gasteiger partial charge in [0.05, 0.1) is 11.7 Å². The van der Waals surface area contributed by atoms with Crippen molar-refractivity contribution in [3.63, 3.8) is 0 Å². The molecule has 0 bridgehead atoms. The lowest BCUT2D eigenvalue weighted by atomic mass is 9.93. The minimum Gasteiger partial charge on any atom is -0.381 e. The van der Waals surface area contributed by atoms with Crippen molar-refractivity contribution in [3.05, 3.63) is 42.4 Å². The van der Waals surface area contributed by atoms with Crippen LogP contribution in [0.1, 0.15) is 42.5 Å². The van der Waals surface area contributed by atoms with E-state index in [4.69, 9.17) is 4.74 Å². The molecule has 1 amide bonds. The maximum atomic E-state index is 12.9. The monoisotopic (exact) mass is 397 g/mol. The van der Waals surface area contributed by atoms with Crippen LogP contribution in [0.25, 0.3) is 0 Å². The van der Waals surface area contributed by atoms with Crippen molar-refractivity contribution in [1.82, 2.24) is 19.7 Å². The van der Waals surface area contributed by atoms with Gasteiger partial charge >= 0.3 is 0 Å². The summed E-state index contributed by atoms with van der Waals surface area (Å²) in [7, 11) is 1.78. The quantitative estimate of drug-likeness (QED) is 0.750. The number of aryl methyl sites for hydroxylation is 1. The molecule has 2 saturated heterocycles. The van der Waals surface area contributed by atoms with E-state index in [1.54, 1.807) is 13.3 Å². The molecule has 0 spiro atoms. The molecule has 0 aromatic carbocycles. The van der Waals surface area contributed by atoms with Gasteiger partial charge in [-0.15, -0.1) is 0 Å². The van der Waals surface area contributed by atoms with Gasteiger partial charge in [-0.3, -0.25) is 9.48 Å². The molecule has 2 aromatic rings. The normalized spacial score (nSPS) is 18.9. The first-order valence-electron chi connectivity index (χ1n) is 10.7. The summed E-state index contributed by atoms with van der Waals surface area (Å²) < 4.78 is 7.42. The predicted octanol–water partition coefficient (Wildman–Crippen LogP) is 2.84. The van der Waals surface area contributed by atoms with Gasteiger partial charge in [-0.2, -0.15) is 5.10 Å². The Balaban J connectivity index is 1.25. The molecule has 2 aliphatic heterocycles.